The molecule has 1 aliphatic carbocycles. The second kappa shape index (κ2) is 7.50. The molecule has 4 nitrogen and oxygen atoms in total. The summed E-state index contributed by atoms with van der Waals surface area (Å²) in [6.07, 6.45) is 3.12. The van der Waals surface area contributed by atoms with Crippen LogP contribution < -0.4 is 5.32 Å². The maximum atomic E-state index is 13.0. The van der Waals surface area contributed by atoms with E-state index in [-0.39, 0.29) is 35.7 Å². The fourth-order valence-electron chi connectivity index (χ4n) is 4.00. The molecule has 4 heteroatoms. The SMILES string of the molecule is C=C(C)C1CCC(C)(C)C[C@]1(C)C(=O)NC(C)CC(=O)OCC. The van der Waals surface area contributed by atoms with Crippen molar-refractivity contribution in [3.05, 3.63) is 12.2 Å². The molecule has 132 valence electrons. The summed E-state index contributed by atoms with van der Waals surface area (Å²) in [4.78, 5) is 24.5. The number of allylic oxidation sites excluding steroid dienone is 1. The average molecular weight is 323 g/mol. The molecule has 0 aromatic rings. The minimum absolute atomic E-state index is 0.0232. The van der Waals surface area contributed by atoms with Crippen LogP contribution in [0.4, 0.5) is 0 Å². The zero-order valence-electron chi connectivity index (χ0n) is 15.6. The predicted octanol–water partition coefficient (Wildman–Crippen LogP) is 3.85. The molecule has 1 aliphatic rings. The van der Waals surface area contributed by atoms with Crippen molar-refractivity contribution in [2.45, 2.75) is 73.3 Å². The molecule has 1 fully saturated rings. The van der Waals surface area contributed by atoms with Crippen LogP contribution in [0.5, 0.6) is 0 Å². The maximum Gasteiger partial charge on any atom is 0.307 e. The summed E-state index contributed by atoms with van der Waals surface area (Å²) in [5.41, 5.74) is 0.732. The Hall–Kier alpha value is -1.32. The first kappa shape index (κ1) is 19.7. The van der Waals surface area contributed by atoms with E-state index < -0.39 is 5.41 Å². The number of rotatable bonds is 6. The predicted molar refractivity (Wildman–Crippen MR) is 92.9 cm³/mol. The number of hydrogen-bond acceptors (Lipinski definition) is 3. The lowest BCUT2D eigenvalue weighted by atomic mass is 9.57. The molecule has 0 spiro atoms. The Morgan fingerprint density at radius 1 is 1.35 bits per heavy atom. The molecule has 1 rings (SSSR count). The fraction of sp³-hybridized carbons (Fsp3) is 0.789. The number of esters is 1. The van der Waals surface area contributed by atoms with Crippen molar-refractivity contribution in [2.24, 2.45) is 16.7 Å². The van der Waals surface area contributed by atoms with Crippen LogP contribution in [0.25, 0.3) is 0 Å². The molecule has 0 radical (unpaired) electrons. The van der Waals surface area contributed by atoms with Crippen molar-refractivity contribution >= 4 is 11.9 Å². The van der Waals surface area contributed by atoms with E-state index in [1.165, 1.54) is 0 Å². The molecule has 2 unspecified atom stereocenters. The van der Waals surface area contributed by atoms with Gasteiger partial charge in [-0.2, -0.15) is 0 Å². The Labute approximate surface area is 141 Å². The van der Waals surface area contributed by atoms with E-state index in [2.05, 4.69) is 25.7 Å². The van der Waals surface area contributed by atoms with Crippen LogP contribution in [0.3, 0.4) is 0 Å². The molecular weight excluding hydrogens is 290 g/mol. The molecule has 0 bridgehead atoms. The summed E-state index contributed by atoms with van der Waals surface area (Å²) in [6.45, 7) is 16.6. The van der Waals surface area contributed by atoms with Gasteiger partial charge in [-0.15, -0.1) is 0 Å². The van der Waals surface area contributed by atoms with E-state index in [4.69, 9.17) is 4.74 Å². The Balaban J connectivity index is 2.83. The van der Waals surface area contributed by atoms with Crippen molar-refractivity contribution in [3.63, 3.8) is 0 Å². The zero-order valence-corrected chi connectivity index (χ0v) is 15.6. The highest BCUT2D eigenvalue weighted by Crippen LogP contribution is 2.51. The lowest BCUT2D eigenvalue weighted by Crippen LogP contribution is -2.51. The Morgan fingerprint density at radius 3 is 2.48 bits per heavy atom. The lowest BCUT2D eigenvalue weighted by Gasteiger charge is -2.48. The van der Waals surface area contributed by atoms with Gasteiger partial charge in [0.05, 0.1) is 18.4 Å². The van der Waals surface area contributed by atoms with Gasteiger partial charge < -0.3 is 10.1 Å². The lowest BCUT2D eigenvalue weighted by molar-refractivity contribution is -0.144. The van der Waals surface area contributed by atoms with Crippen molar-refractivity contribution in [3.8, 4) is 0 Å². The topological polar surface area (TPSA) is 55.4 Å². The molecule has 0 heterocycles. The van der Waals surface area contributed by atoms with Gasteiger partial charge >= 0.3 is 5.97 Å². The average Bonchev–Trinajstić information content (AvgIpc) is 2.36. The smallest absolute Gasteiger partial charge is 0.307 e. The van der Waals surface area contributed by atoms with Gasteiger partial charge in [0.15, 0.2) is 0 Å². The van der Waals surface area contributed by atoms with Crippen molar-refractivity contribution in [2.75, 3.05) is 6.61 Å². The van der Waals surface area contributed by atoms with E-state index in [1.807, 2.05) is 20.8 Å². The second-order valence-electron chi connectivity index (χ2n) is 8.08. The minimum atomic E-state index is -0.476. The van der Waals surface area contributed by atoms with Gasteiger partial charge in [-0.05, 0) is 51.4 Å². The molecular formula is C19H33NO3. The van der Waals surface area contributed by atoms with E-state index in [0.717, 1.165) is 24.8 Å². The molecule has 0 aromatic heterocycles. The van der Waals surface area contributed by atoms with Crippen molar-refractivity contribution in [1.29, 1.82) is 0 Å². The van der Waals surface area contributed by atoms with Crippen LogP contribution in [0.2, 0.25) is 0 Å². The van der Waals surface area contributed by atoms with Crippen LogP contribution in [-0.2, 0) is 14.3 Å². The van der Waals surface area contributed by atoms with E-state index in [9.17, 15) is 9.59 Å². The maximum absolute atomic E-state index is 13.0. The van der Waals surface area contributed by atoms with E-state index >= 15 is 0 Å². The number of ether oxygens (including phenoxy) is 1. The number of carbonyl (C=O) groups is 2. The molecule has 1 saturated carbocycles. The van der Waals surface area contributed by atoms with E-state index in [0.29, 0.717) is 6.61 Å². The highest BCUT2D eigenvalue weighted by atomic mass is 16.5. The monoisotopic (exact) mass is 323 g/mol. The number of carbonyl (C=O) groups excluding carboxylic acids is 2. The van der Waals surface area contributed by atoms with E-state index in [1.54, 1.807) is 6.92 Å². The zero-order chi connectivity index (χ0) is 17.8. The number of hydrogen-bond donors (Lipinski definition) is 1. The number of amides is 1. The largest absolute Gasteiger partial charge is 0.466 e. The number of nitrogens with one attached hydrogen (secondary N) is 1. The molecule has 0 aliphatic heterocycles. The summed E-state index contributed by atoms with van der Waals surface area (Å²) >= 11 is 0. The molecule has 3 atom stereocenters. The van der Waals surface area contributed by atoms with Crippen LogP contribution in [-0.4, -0.2) is 24.5 Å². The highest BCUT2D eigenvalue weighted by Gasteiger charge is 2.48. The quantitative estimate of drug-likeness (QED) is 0.596. The van der Waals surface area contributed by atoms with Gasteiger partial charge in [0.2, 0.25) is 5.91 Å². The van der Waals surface area contributed by atoms with Crippen molar-refractivity contribution in [1.82, 2.24) is 5.32 Å². The summed E-state index contributed by atoms with van der Waals surface area (Å²) in [5, 5.41) is 3.02. The summed E-state index contributed by atoms with van der Waals surface area (Å²) in [7, 11) is 0. The van der Waals surface area contributed by atoms with Gasteiger partial charge in [-0.1, -0.05) is 32.9 Å². The molecule has 1 N–H and O–H groups in total. The van der Waals surface area contributed by atoms with Crippen LogP contribution in [0, 0.1) is 16.7 Å². The highest BCUT2D eigenvalue weighted by molar-refractivity contribution is 5.84. The Bertz CT molecular complexity index is 469. The first-order chi connectivity index (χ1) is 10.5. The normalized spacial score (nSPS) is 27.8. The third-order valence-electron chi connectivity index (χ3n) is 4.99. The van der Waals surface area contributed by atoms with Gasteiger partial charge in [-0.3, -0.25) is 9.59 Å². The van der Waals surface area contributed by atoms with Gasteiger partial charge in [-0.25, -0.2) is 0 Å². The third kappa shape index (κ3) is 5.08. The molecule has 0 aromatic carbocycles. The van der Waals surface area contributed by atoms with Crippen LogP contribution >= 0.6 is 0 Å². The van der Waals surface area contributed by atoms with Gasteiger partial charge in [0, 0.05) is 6.04 Å². The van der Waals surface area contributed by atoms with Crippen LogP contribution in [0.1, 0.15) is 67.2 Å². The standard InChI is InChI=1S/C19H33NO3/c1-8-23-16(21)11-14(4)20-17(22)19(7)12-18(5,6)10-9-15(19)13(2)3/h14-15H,2,8-12H2,1,3-7H3,(H,20,22)/t14?,15?,19-/m0/s1. The Kier molecular flexibility index (Phi) is 6.43. The van der Waals surface area contributed by atoms with Gasteiger partial charge in [0.25, 0.3) is 0 Å². The second-order valence-corrected chi connectivity index (χ2v) is 8.08. The minimum Gasteiger partial charge on any atom is -0.466 e. The summed E-state index contributed by atoms with van der Waals surface area (Å²) in [5.74, 6) is -0.0636. The molecule has 0 saturated heterocycles. The molecule has 1 amide bonds. The third-order valence-corrected chi connectivity index (χ3v) is 4.99. The first-order valence-electron chi connectivity index (χ1n) is 8.64. The van der Waals surface area contributed by atoms with Crippen molar-refractivity contribution < 1.29 is 14.3 Å². The van der Waals surface area contributed by atoms with Crippen LogP contribution in [0.15, 0.2) is 12.2 Å². The Morgan fingerprint density at radius 2 is 1.96 bits per heavy atom. The molecule has 23 heavy (non-hydrogen) atoms. The summed E-state index contributed by atoms with van der Waals surface area (Å²) in [6, 6.07) is -0.228. The fourth-order valence-corrected chi connectivity index (χ4v) is 4.00. The first-order valence-corrected chi connectivity index (χ1v) is 8.64. The summed E-state index contributed by atoms with van der Waals surface area (Å²) < 4.78 is 4.95. The van der Waals surface area contributed by atoms with Gasteiger partial charge in [0.1, 0.15) is 0 Å².